The molecule has 0 bridgehead atoms. The lowest BCUT2D eigenvalue weighted by molar-refractivity contribution is -0.137. The first kappa shape index (κ1) is 15.4. The SMILES string of the molecule is COc1ccc(C(F)(F)F)cc1-c1ccc(B(O)O)cc1. The second-order valence-electron chi connectivity index (χ2n) is 4.41. The molecule has 21 heavy (non-hydrogen) atoms. The summed E-state index contributed by atoms with van der Waals surface area (Å²) in [5.41, 5.74) is 0.253. The summed E-state index contributed by atoms with van der Waals surface area (Å²) in [5, 5.41) is 18.0. The number of benzene rings is 2. The average Bonchev–Trinajstić information content (AvgIpc) is 2.45. The van der Waals surface area contributed by atoms with Crippen molar-refractivity contribution in [3.8, 4) is 16.9 Å². The highest BCUT2D eigenvalue weighted by atomic mass is 19.4. The number of hydrogen-bond donors (Lipinski definition) is 2. The molecule has 0 heterocycles. The van der Waals surface area contributed by atoms with Crippen LogP contribution in [0, 0.1) is 0 Å². The molecule has 2 N–H and O–H groups in total. The van der Waals surface area contributed by atoms with E-state index in [0.29, 0.717) is 11.3 Å². The molecule has 2 aromatic carbocycles. The second kappa shape index (κ2) is 5.79. The third kappa shape index (κ3) is 3.37. The Kier molecular flexibility index (Phi) is 4.25. The molecule has 110 valence electrons. The van der Waals surface area contributed by atoms with Gasteiger partial charge in [-0.3, -0.25) is 0 Å². The van der Waals surface area contributed by atoms with Crippen LogP contribution in [0.1, 0.15) is 5.56 Å². The van der Waals surface area contributed by atoms with Gasteiger partial charge in [0.2, 0.25) is 0 Å². The van der Waals surface area contributed by atoms with Crippen LogP contribution in [-0.4, -0.2) is 24.3 Å². The van der Waals surface area contributed by atoms with Gasteiger partial charge in [-0.15, -0.1) is 0 Å². The first-order valence-corrected chi connectivity index (χ1v) is 6.04. The largest absolute Gasteiger partial charge is 0.496 e. The molecule has 0 aromatic heterocycles. The van der Waals surface area contributed by atoms with Crippen LogP contribution in [0.3, 0.4) is 0 Å². The maximum absolute atomic E-state index is 12.8. The van der Waals surface area contributed by atoms with Crippen LogP contribution in [0.15, 0.2) is 42.5 Å². The zero-order valence-corrected chi connectivity index (χ0v) is 11.1. The molecule has 0 amide bonds. The van der Waals surface area contributed by atoms with E-state index >= 15 is 0 Å². The van der Waals surface area contributed by atoms with Crippen LogP contribution in [0.4, 0.5) is 13.2 Å². The fraction of sp³-hybridized carbons (Fsp3) is 0.143. The number of methoxy groups -OCH3 is 1. The summed E-state index contributed by atoms with van der Waals surface area (Å²) in [7, 11) is -0.250. The van der Waals surface area contributed by atoms with Crippen molar-refractivity contribution >= 4 is 12.6 Å². The van der Waals surface area contributed by atoms with Crippen molar-refractivity contribution in [2.45, 2.75) is 6.18 Å². The van der Waals surface area contributed by atoms with Gasteiger partial charge in [0.15, 0.2) is 0 Å². The maximum Gasteiger partial charge on any atom is 0.488 e. The van der Waals surface area contributed by atoms with Crippen molar-refractivity contribution in [2.75, 3.05) is 7.11 Å². The van der Waals surface area contributed by atoms with E-state index in [1.54, 1.807) is 0 Å². The fourth-order valence-electron chi connectivity index (χ4n) is 1.94. The molecule has 0 aliphatic heterocycles. The van der Waals surface area contributed by atoms with Crippen LogP contribution < -0.4 is 10.2 Å². The minimum Gasteiger partial charge on any atom is -0.496 e. The summed E-state index contributed by atoms with van der Waals surface area (Å²) in [4.78, 5) is 0. The van der Waals surface area contributed by atoms with Gasteiger partial charge < -0.3 is 14.8 Å². The van der Waals surface area contributed by atoms with Crippen molar-refractivity contribution in [3.05, 3.63) is 48.0 Å². The summed E-state index contributed by atoms with van der Waals surface area (Å²) >= 11 is 0. The van der Waals surface area contributed by atoms with Crippen LogP contribution in [-0.2, 0) is 6.18 Å². The molecule has 2 rings (SSSR count). The monoisotopic (exact) mass is 296 g/mol. The van der Waals surface area contributed by atoms with E-state index in [-0.39, 0.29) is 11.0 Å². The maximum atomic E-state index is 12.8. The van der Waals surface area contributed by atoms with Crippen molar-refractivity contribution in [1.29, 1.82) is 0 Å². The summed E-state index contributed by atoms with van der Waals surface area (Å²) in [6.07, 6.45) is -4.44. The van der Waals surface area contributed by atoms with Gasteiger partial charge in [-0.1, -0.05) is 24.3 Å². The number of alkyl halides is 3. The Hall–Kier alpha value is -1.99. The summed E-state index contributed by atoms with van der Waals surface area (Å²) in [5.74, 6) is 0.306. The molecule has 7 heteroatoms. The lowest BCUT2D eigenvalue weighted by Crippen LogP contribution is -2.29. The zero-order chi connectivity index (χ0) is 15.6. The van der Waals surface area contributed by atoms with E-state index in [1.165, 1.54) is 37.4 Å². The Morgan fingerprint density at radius 1 is 1.00 bits per heavy atom. The van der Waals surface area contributed by atoms with Crippen molar-refractivity contribution in [2.24, 2.45) is 0 Å². The number of ether oxygens (including phenoxy) is 1. The molecular formula is C14H12BF3O3. The predicted molar refractivity (Wildman–Crippen MR) is 73.3 cm³/mol. The van der Waals surface area contributed by atoms with E-state index in [0.717, 1.165) is 12.1 Å². The first-order chi connectivity index (χ1) is 9.82. The quantitative estimate of drug-likeness (QED) is 0.852. The molecule has 0 saturated carbocycles. The molecule has 0 radical (unpaired) electrons. The lowest BCUT2D eigenvalue weighted by Gasteiger charge is -2.13. The van der Waals surface area contributed by atoms with Gasteiger partial charge in [0.1, 0.15) is 5.75 Å². The molecule has 0 atom stereocenters. The summed E-state index contributed by atoms with van der Waals surface area (Å²) < 4.78 is 43.4. The summed E-state index contributed by atoms with van der Waals surface area (Å²) in [6.45, 7) is 0. The Morgan fingerprint density at radius 2 is 1.62 bits per heavy atom. The number of halogens is 3. The van der Waals surface area contributed by atoms with E-state index in [2.05, 4.69) is 0 Å². The molecule has 0 spiro atoms. The minimum atomic E-state index is -4.44. The molecule has 2 aromatic rings. The highest BCUT2D eigenvalue weighted by Crippen LogP contribution is 2.36. The van der Waals surface area contributed by atoms with E-state index in [4.69, 9.17) is 14.8 Å². The Labute approximate surface area is 119 Å². The number of hydrogen-bond acceptors (Lipinski definition) is 3. The van der Waals surface area contributed by atoms with Gasteiger partial charge in [0.25, 0.3) is 0 Å². The predicted octanol–water partition coefficient (Wildman–Crippen LogP) is 2.06. The molecular weight excluding hydrogens is 284 g/mol. The van der Waals surface area contributed by atoms with Crippen molar-refractivity contribution in [3.63, 3.8) is 0 Å². The summed E-state index contributed by atoms with van der Waals surface area (Å²) in [6, 6.07) is 9.09. The van der Waals surface area contributed by atoms with Crippen LogP contribution >= 0.6 is 0 Å². The topological polar surface area (TPSA) is 49.7 Å². The van der Waals surface area contributed by atoms with Gasteiger partial charge in [-0.25, -0.2) is 0 Å². The van der Waals surface area contributed by atoms with Gasteiger partial charge >= 0.3 is 13.3 Å². The van der Waals surface area contributed by atoms with Gasteiger partial charge in [-0.05, 0) is 29.2 Å². The zero-order valence-electron chi connectivity index (χ0n) is 11.1. The minimum absolute atomic E-state index is 0.254. The van der Waals surface area contributed by atoms with Gasteiger partial charge in [0.05, 0.1) is 12.7 Å². The third-order valence-electron chi connectivity index (χ3n) is 3.05. The smallest absolute Gasteiger partial charge is 0.488 e. The fourth-order valence-corrected chi connectivity index (χ4v) is 1.94. The Bertz CT molecular complexity index is 624. The first-order valence-electron chi connectivity index (χ1n) is 6.04. The normalized spacial score (nSPS) is 11.3. The Balaban J connectivity index is 2.50. The highest BCUT2D eigenvalue weighted by Gasteiger charge is 2.31. The lowest BCUT2D eigenvalue weighted by atomic mass is 9.80. The second-order valence-corrected chi connectivity index (χ2v) is 4.41. The standard InChI is InChI=1S/C14H12BF3O3/c1-21-13-7-4-10(14(16,17)18)8-12(13)9-2-5-11(6-3-9)15(19)20/h2-8,19-20H,1H3. The van der Waals surface area contributed by atoms with E-state index in [1.807, 2.05) is 0 Å². The highest BCUT2D eigenvalue weighted by molar-refractivity contribution is 6.58. The van der Waals surface area contributed by atoms with Crippen LogP contribution in [0.25, 0.3) is 11.1 Å². The Morgan fingerprint density at radius 3 is 2.10 bits per heavy atom. The molecule has 0 fully saturated rings. The molecule has 0 saturated heterocycles. The molecule has 0 aliphatic carbocycles. The van der Waals surface area contributed by atoms with Crippen LogP contribution in [0.2, 0.25) is 0 Å². The average molecular weight is 296 g/mol. The van der Waals surface area contributed by atoms with Crippen molar-refractivity contribution < 1.29 is 28.0 Å². The number of rotatable bonds is 3. The molecule has 3 nitrogen and oxygen atoms in total. The van der Waals surface area contributed by atoms with Crippen molar-refractivity contribution in [1.82, 2.24) is 0 Å². The van der Waals surface area contributed by atoms with Crippen LogP contribution in [0.5, 0.6) is 5.75 Å². The van der Waals surface area contributed by atoms with E-state index < -0.39 is 18.9 Å². The third-order valence-corrected chi connectivity index (χ3v) is 3.05. The van der Waals surface area contributed by atoms with Gasteiger partial charge in [0, 0.05) is 5.56 Å². The van der Waals surface area contributed by atoms with E-state index in [9.17, 15) is 13.2 Å². The molecule has 0 aliphatic rings. The van der Waals surface area contributed by atoms with Gasteiger partial charge in [-0.2, -0.15) is 13.2 Å². The molecule has 0 unspecified atom stereocenters.